The van der Waals surface area contributed by atoms with Gasteiger partial charge in [-0.1, -0.05) is 6.92 Å². The molecule has 0 aromatic rings. The molecule has 1 heterocycles. The Labute approximate surface area is 104 Å². The van der Waals surface area contributed by atoms with Gasteiger partial charge in [0.05, 0.1) is 5.25 Å². The minimum Gasteiger partial charge on any atom is -0.381 e. The lowest BCUT2D eigenvalue weighted by Gasteiger charge is -2.32. The Bertz CT molecular complexity index is 326. The van der Waals surface area contributed by atoms with Crippen molar-refractivity contribution in [3.8, 4) is 0 Å². The SMILES string of the molecule is CCC(C)(CCN)NS(=O)(=O)C1CCOCC1. The van der Waals surface area contributed by atoms with Gasteiger partial charge < -0.3 is 10.5 Å². The Morgan fingerprint density at radius 2 is 2.00 bits per heavy atom. The average molecular weight is 264 g/mol. The zero-order valence-corrected chi connectivity index (χ0v) is 11.6. The minimum atomic E-state index is -3.26. The normalized spacial score (nSPS) is 22.3. The molecule has 1 aliphatic heterocycles. The molecule has 0 aromatic heterocycles. The van der Waals surface area contributed by atoms with Gasteiger partial charge >= 0.3 is 0 Å². The van der Waals surface area contributed by atoms with Crippen LogP contribution in [0.3, 0.4) is 0 Å². The first-order chi connectivity index (χ1) is 7.93. The Hall–Kier alpha value is -0.170. The van der Waals surface area contributed by atoms with Crippen molar-refractivity contribution < 1.29 is 13.2 Å². The molecule has 6 heteroatoms. The molecule has 0 radical (unpaired) electrons. The molecule has 1 rings (SSSR count). The third-order valence-electron chi connectivity index (χ3n) is 3.47. The topological polar surface area (TPSA) is 81.4 Å². The van der Waals surface area contributed by atoms with Gasteiger partial charge in [-0.3, -0.25) is 0 Å². The van der Waals surface area contributed by atoms with Crippen molar-refractivity contribution in [2.24, 2.45) is 5.73 Å². The van der Waals surface area contributed by atoms with E-state index in [4.69, 9.17) is 10.5 Å². The van der Waals surface area contributed by atoms with E-state index < -0.39 is 15.6 Å². The molecule has 5 nitrogen and oxygen atoms in total. The summed E-state index contributed by atoms with van der Waals surface area (Å²) in [6.07, 6.45) is 2.56. The lowest BCUT2D eigenvalue weighted by atomic mass is 9.96. The number of ether oxygens (including phenoxy) is 1. The van der Waals surface area contributed by atoms with Crippen LogP contribution in [-0.2, 0) is 14.8 Å². The van der Waals surface area contributed by atoms with E-state index in [1.54, 1.807) is 0 Å². The van der Waals surface area contributed by atoms with Crippen molar-refractivity contribution in [3.05, 3.63) is 0 Å². The van der Waals surface area contributed by atoms with Crippen LogP contribution in [0.4, 0.5) is 0 Å². The lowest BCUT2D eigenvalue weighted by molar-refractivity contribution is 0.0979. The number of nitrogens with two attached hydrogens (primary N) is 1. The molecule has 1 unspecified atom stereocenters. The van der Waals surface area contributed by atoms with Gasteiger partial charge in [0.25, 0.3) is 0 Å². The van der Waals surface area contributed by atoms with E-state index >= 15 is 0 Å². The van der Waals surface area contributed by atoms with Gasteiger partial charge in [0.2, 0.25) is 10.0 Å². The number of hydrogen-bond donors (Lipinski definition) is 2. The zero-order valence-electron chi connectivity index (χ0n) is 10.7. The maximum Gasteiger partial charge on any atom is 0.215 e. The predicted molar refractivity (Wildman–Crippen MR) is 68.3 cm³/mol. The zero-order chi connectivity index (χ0) is 12.9. The quantitative estimate of drug-likeness (QED) is 0.736. The average Bonchev–Trinajstić information content (AvgIpc) is 2.30. The summed E-state index contributed by atoms with van der Waals surface area (Å²) >= 11 is 0. The van der Waals surface area contributed by atoms with E-state index in [0.29, 0.717) is 39.0 Å². The summed E-state index contributed by atoms with van der Waals surface area (Å²) in [4.78, 5) is 0. The number of nitrogens with one attached hydrogen (secondary N) is 1. The van der Waals surface area contributed by atoms with Crippen LogP contribution in [0.1, 0.15) is 39.5 Å². The molecule has 0 spiro atoms. The van der Waals surface area contributed by atoms with Gasteiger partial charge in [-0.2, -0.15) is 0 Å². The van der Waals surface area contributed by atoms with Crippen molar-refractivity contribution in [2.75, 3.05) is 19.8 Å². The van der Waals surface area contributed by atoms with Gasteiger partial charge in [-0.15, -0.1) is 0 Å². The molecule has 0 aliphatic carbocycles. The van der Waals surface area contributed by atoms with E-state index in [0.717, 1.165) is 6.42 Å². The first kappa shape index (κ1) is 14.9. The molecule has 0 amide bonds. The summed E-state index contributed by atoms with van der Waals surface area (Å²) in [7, 11) is -3.26. The molecule has 1 aliphatic rings. The van der Waals surface area contributed by atoms with Crippen molar-refractivity contribution in [2.45, 2.75) is 50.3 Å². The van der Waals surface area contributed by atoms with Crippen LogP contribution >= 0.6 is 0 Å². The van der Waals surface area contributed by atoms with E-state index in [1.807, 2.05) is 13.8 Å². The highest BCUT2D eigenvalue weighted by Gasteiger charge is 2.33. The van der Waals surface area contributed by atoms with Crippen LogP contribution in [0.5, 0.6) is 0 Å². The van der Waals surface area contributed by atoms with Crippen molar-refractivity contribution in [3.63, 3.8) is 0 Å². The summed E-state index contributed by atoms with van der Waals surface area (Å²) < 4.78 is 32.5. The molecule has 102 valence electrons. The third kappa shape index (κ3) is 4.21. The molecule has 0 bridgehead atoms. The maximum atomic E-state index is 12.2. The highest BCUT2D eigenvalue weighted by atomic mass is 32.2. The molecule has 0 saturated carbocycles. The van der Waals surface area contributed by atoms with Crippen LogP contribution in [0.2, 0.25) is 0 Å². The van der Waals surface area contributed by atoms with E-state index in [1.165, 1.54) is 0 Å². The maximum absolute atomic E-state index is 12.2. The van der Waals surface area contributed by atoms with Gasteiger partial charge in [0.15, 0.2) is 0 Å². The lowest BCUT2D eigenvalue weighted by Crippen LogP contribution is -2.50. The van der Waals surface area contributed by atoms with E-state index in [-0.39, 0.29) is 5.25 Å². The van der Waals surface area contributed by atoms with Crippen molar-refractivity contribution in [1.29, 1.82) is 0 Å². The number of hydrogen-bond acceptors (Lipinski definition) is 4. The van der Waals surface area contributed by atoms with Gasteiger partial charge in [-0.25, -0.2) is 13.1 Å². The fourth-order valence-corrected chi connectivity index (χ4v) is 3.94. The van der Waals surface area contributed by atoms with Crippen LogP contribution in [0.15, 0.2) is 0 Å². The Kier molecular flexibility index (Phi) is 5.37. The highest BCUT2D eigenvalue weighted by Crippen LogP contribution is 2.20. The standard InChI is InChI=1S/C11H24N2O3S/c1-3-11(2,6-7-12)13-17(14,15)10-4-8-16-9-5-10/h10,13H,3-9,12H2,1-2H3. The van der Waals surface area contributed by atoms with Gasteiger partial charge in [0, 0.05) is 18.8 Å². The van der Waals surface area contributed by atoms with Crippen LogP contribution < -0.4 is 10.5 Å². The van der Waals surface area contributed by atoms with E-state index in [2.05, 4.69) is 4.72 Å². The molecule has 3 N–H and O–H groups in total. The van der Waals surface area contributed by atoms with Crippen molar-refractivity contribution in [1.82, 2.24) is 4.72 Å². The second kappa shape index (κ2) is 6.13. The Morgan fingerprint density at radius 3 is 2.47 bits per heavy atom. The van der Waals surface area contributed by atoms with Crippen LogP contribution in [-0.4, -0.2) is 39.0 Å². The Balaban J connectivity index is 2.69. The fourth-order valence-electron chi connectivity index (χ4n) is 2.03. The fraction of sp³-hybridized carbons (Fsp3) is 1.00. The third-order valence-corrected chi connectivity index (χ3v) is 5.60. The number of rotatable bonds is 6. The molecular weight excluding hydrogens is 240 g/mol. The molecule has 0 aromatic carbocycles. The Morgan fingerprint density at radius 1 is 1.41 bits per heavy atom. The molecule has 1 fully saturated rings. The molecule has 17 heavy (non-hydrogen) atoms. The summed E-state index contributed by atoms with van der Waals surface area (Å²) in [5.74, 6) is 0. The second-order valence-corrected chi connectivity index (χ2v) is 6.87. The summed E-state index contributed by atoms with van der Waals surface area (Å²) in [6, 6.07) is 0. The monoisotopic (exact) mass is 264 g/mol. The first-order valence-corrected chi connectivity index (χ1v) is 7.79. The van der Waals surface area contributed by atoms with Crippen molar-refractivity contribution >= 4 is 10.0 Å². The predicted octanol–water partition coefficient (Wildman–Crippen LogP) is 0.602. The largest absolute Gasteiger partial charge is 0.381 e. The molecule has 1 atom stereocenters. The van der Waals surface area contributed by atoms with Crippen LogP contribution in [0, 0.1) is 0 Å². The van der Waals surface area contributed by atoms with Gasteiger partial charge in [0.1, 0.15) is 0 Å². The summed E-state index contributed by atoms with van der Waals surface area (Å²) in [5, 5.41) is -0.320. The molecular formula is C11H24N2O3S. The van der Waals surface area contributed by atoms with Crippen LogP contribution in [0.25, 0.3) is 0 Å². The van der Waals surface area contributed by atoms with E-state index in [9.17, 15) is 8.42 Å². The minimum absolute atomic E-state index is 0.320. The summed E-state index contributed by atoms with van der Waals surface area (Å²) in [5.41, 5.74) is 5.11. The smallest absolute Gasteiger partial charge is 0.215 e. The molecule has 1 saturated heterocycles. The second-order valence-electron chi connectivity index (χ2n) is 4.91. The number of sulfonamides is 1. The highest BCUT2D eigenvalue weighted by molar-refractivity contribution is 7.90. The first-order valence-electron chi connectivity index (χ1n) is 6.24. The van der Waals surface area contributed by atoms with Gasteiger partial charge in [-0.05, 0) is 39.2 Å². The summed E-state index contributed by atoms with van der Waals surface area (Å²) in [6.45, 7) is 5.44.